The van der Waals surface area contributed by atoms with Crippen molar-refractivity contribution in [3.63, 3.8) is 0 Å². The van der Waals surface area contributed by atoms with E-state index in [4.69, 9.17) is 23.2 Å². The monoisotopic (exact) mass is 602 g/mol. The van der Waals surface area contributed by atoms with E-state index < -0.39 is 0 Å². The number of para-hydroxylation sites is 1. The van der Waals surface area contributed by atoms with Gasteiger partial charge in [0.15, 0.2) is 12.4 Å². The van der Waals surface area contributed by atoms with E-state index in [2.05, 4.69) is 80.3 Å². The van der Waals surface area contributed by atoms with Gasteiger partial charge in [-0.25, -0.2) is 0 Å². The van der Waals surface area contributed by atoms with Gasteiger partial charge in [-0.1, -0.05) is 57.3 Å². The number of rotatable bonds is 5. The number of carbonyl (C=O) groups is 1. The van der Waals surface area contributed by atoms with Crippen LogP contribution in [0.5, 0.6) is 0 Å². The number of benzene rings is 2. The summed E-state index contributed by atoms with van der Waals surface area (Å²) in [5.41, 5.74) is 2.64. The van der Waals surface area contributed by atoms with Crippen molar-refractivity contribution in [2.75, 3.05) is 31.1 Å². The summed E-state index contributed by atoms with van der Waals surface area (Å²) in [6.45, 7) is 3.36. The Labute approximate surface area is 236 Å². The van der Waals surface area contributed by atoms with Crippen LogP contribution in [0.25, 0.3) is 0 Å². The van der Waals surface area contributed by atoms with E-state index in [-0.39, 0.29) is 21.5 Å². The molecule has 6 nitrogen and oxygen atoms in total. The molecule has 37 heavy (non-hydrogen) atoms. The van der Waals surface area contributed by atoms with E-state index in [1.165, 1.54) is 23.8 Å². The molecule has 0 radical (unpaired) electrons. The van der Waals surface area contributed by atoms with Gasteiger partial charge in [0.25, 0.3) is 5.91 Å². The minimum Gasteiger partial charge on any atom is -0.619 e. The maximum Gasteiger partial charge on any atom is 0.257 e. The van der Waals surface area contributed by atoms with Gasteiger partial charge in [0.1, 0.15) is 10.0 Å². The minimum atomic E-state index is -0.208. The summed E-state index contributed by atoms with van der Waals surface area (Å²) in [6.07, 6.45) is 6.32. The Balaban J connectivity index is 1.21. The van der Waals surface area contributed by atoms with Crippen LogP contribution in [0.3, 0.4) is 0 Å². The smallest absolute Gasteiger partial charge is 0.257 e. The minimum absolute atomic E-state index is 0.0884. The third kappa shape index (κ3) is 5.90. The molecule has 1 amide bonds. The Bertz CT molecular complexity index is 1210. The lowest BCUT2D eigenvalue weighted by Crippen LogP contribution is -2.51. The average molecular weight is 604 g/mol. The largest absolute Gasteiger partial charge is 0.619 e. The normalized spacial score (nSPS) is 17.6. The summed E-state index contributed by atoms with van der Waals surface area (Å²) < 4.78 is 1.60. The topological polar surface area (TPSA) is 53.7 Å². The molecular weight excluding hydrogens is 575 g/mol. The summed E-state index contributed by atoms with van der Waals surface area (Å²) in [7, 11) is 0. The van der Waals surface area contributed by atoms with Gasteiger partial charge in [-0.2, -0.15) is 4.73 Å². The first-order valence-electron chi connectivity index (χ1n) is 12.6. The molecule has 0 aliphatic carbocycles. The van der Waals surface area contributed by atoms with Gasteiger partial charge in [-0.05, 0) is 62.1 Å². The Morgan fingerprint density at radius 3 is 2.03 bits per heavy atom. The van der Waals surface area contributed by atoms with Crippen LogP contribution in [-0.2, 0) is 0 Å². The average Bonchev–Trinajstić information content (AvgIpc) is 2.90. The number of nitrogens with zero attached hydrogens (tertiary/aromatic N) is 4. The summed E-state index contributed by atoms with van der Waals surface area (Å²) in [6, 6.07) is 20.1. The Morgan fingerprint density at radius 2 is 1.43 bits per heavy atom. The standard InChI is InChI=1S/C28H29BrCl2N4O2/c29-20-6-8-23(9-7-20)35(22-4-2-1-3-5-22)24-12-14-32(15-13-24)21-10-16-33(17-11-21)28(36)27-25(30)18-34(37)19-26(27)31/h1-9,18-19,21,24H,10-17H2. The molecule has 194 valence electrons. The van der Waals surface area contributed by atoms with Crippen molar-refractivity contribution >= 4 is 56.4 Å². The number of likely N-dealkylation sites (tertiary alicyclic amines) is 2. The van der Waals surface area contributed by atoms with Gasteiger partial charge < -0.3 is 19.9 Å². The van der Waals surface area contributed by atoms with Gasteiger partial charge in [0, 0.05) is 54.1 Å². The second kappa shape index (κ2) is 11.6. The van der Waals surface area contributed by atoms with E-state index in [0.29, 0.717) is 29.9 Å². The fraction of sp³-hybridized carbons (Fsp3) is 0.357. The van der Waals surface area contributed by atoms with Crippen LogP contribution in [0.2, 0.25) is 10.0 Å². The molecule has 3 heterocycles. The molecule has 0 saturated carbocycles. The molecule has 0 spiro atoms. The molecule has 0 unspecified atom stereocenters. The number of anilines is 2. The predicted molar refractivity (Wildman–Crippen MR) is 152 cm³/mol. The van der Waals surface area contributed by atoms with Gasteiger partial charge in [0.05, 0.1) is 5.56 Å². The Morgan fingerprint density at radius 1 is 0.865 bits per heavy atom. The second-order valence-corrected chi connectivity index (χ2v) is 11.4. The molecule has 2 fully saturated rings. The summed E-state index contributed by atoms with van der Waals surface area (Å²) in [4.78, 5) is 19.9. The first-order chi connectivity index (χ1) is 17.9. The third-order valence-electron chi connectivity index (χ3n) is 7.44. The number of hydrogen-bond donors (Lipinski definition) is 0. The lowest BCUT2D eigenvalue weighted by Gasteiger charge is -2.44. The number of piperidine rings is 2. The number of amides is 1. The molecule has 0 atom stereocenters. The van der Waals surface area contributed by atoms with E-state index in [1.54, 1.807) is 4.90 Å². The molecular formula is C28H29BrCl2N4O2. The van der Waals surface area contributed by atoms with Crippen LogP contribution in [0.15, 0.2) is 71.5 Å². The molecule has 1 aromatic heterocycles. The highest BCUT2D eigenvalue weighted by atomic mass is 79.9. The molecule has 2 aliphatic rings. The van der Waals surface area contributed by atoms with Crippen LogP contribution in [0.1, 0.15) is 36.0 Å². The maximum atomic E-state index is 13.1. The summed E-state index contributed by atoms with van der Waals surface area (Å²) in [5, 5.41) is 11.7. The zero-order chi connectivity index (χ0) is 25.9. The molecule has 0 bridgehead atoms. The van der Waals surface area contributed by atoms with E-state index in [9.17, 15) is 10.0 Å². The van der Waals surface area contributed by atoms with Crippen molar-refractivity contribution in [1.82, 2.24) is 9.80 Å². The lowest BCUT2D eigenvalue weighted by molar-refractivity contribution is -0.605. The maximum absolute atomic E-state index is 13.1. The molecule has 2 aromatic carbocycles. The molecule has 9 heteroatoms. The zero-order valence-electron chi connectivity index (χ0n) is 20.4. The Kier molecular flexibility index (Phi) is 8.24. The van der Waals surface area contributed by atoms with Gasteiger partial charge in [-0.15, -0.1) is 0 Å². The number of aromatic nitrogens is 1. The van der Waals surface area contributed by atoms with Crippen molar-refractivity contribution in [3.8, 4) is 0 Å². The first kappa shape index (κ1) is 26.3. The summed E-state index contributed by atoms with van der Waals surface area (Å²) in [5.74, 6) is -0.208. The third-order valence-corrected chi connectivity index (χ3v) is 8.55. The predicted octanol–water partition coefficient (Wildman–Crippen LogP) is 6.30. The molecule has 5 rings (SSSR count). The van der Waals surface area contributed by atoms with Crippen molar-refractivity contribution < 1.29 is 9.52 Å². The van der Waals surface area contributed by atoms with E-state index >= 15 is 0 Å². The van der Waals surface area contributed by atoms with Crippen LogP contribution in [0.4, 0.5) is 11.4 Å². The van der Waals surface area contributed by atoms with Gasteiger partial charge in [0.2, 0.25) is 0 Å². The van der Waals surface area contributed by atoms with Crippen molar-refractivity contribution in [3.05, 3.63) is 92.3 Å². The molecule has 3 aromatic rings. The van der Waals surface area contributed by atoms with Crippen molar-refractivity contribution in [2.24, 2.45) is 0 Å². The van der Waals surface area contributed by atoms with Crippen LogP contribution < -0.4 is 9.63 Å². The van der Waals surface area contributed by atoms with Crippen molar-refractivity contribution in [1.29, 1.82) is 0 Å². The highest BCUT2D eigenvalue weighted by molar-refractivity contribution is 9.10. The Hall–Kier alpha value is -2.32. The van der Waals surface area contributed by atoms with Gasteiger partial charge >= 0.3 is 0 Å². The number of pyridine rings is 1. The molecule has 2 saturated heterocycles. The highest BCUT2D eigenvalue weighted by Crippen LogP contribution is 2.34. The van der Waals surface area contributed by atoms with Crippen LogP contribution in [-0.4, -0.2) is 54.0 Å². The SMILES string of the molecule is O=C(c1c(Cl)c[n+]([O-])cc1Cl)N1CCC(N2CCC(N(c3ccccc3)c3ccc(Br)cc3)CC2)CC1. The van der Waals surface area contributed by atoms with Crippen molar-refractivity contribution in [2.45, 2.75) is 37.8 Å². The highest BCUT2D eigenvalue weighted by Gasteiger charge is 2.33. The fourth-order valence-corrected chi connectivity index (χ4v) is 6.44. The number of halogens is 3. The van der Waals surface area contributed by atoms with Crippen LogP contribution >= 0.6 is 39.1 Å². The fourth-order valence-electron chi connectivity index (χ4n) is 5.57. The van der Waals surface area contributed by atoms with E-state index in [0.717, 1.165) is 43.2 Å². The molecule has 2 aliphatic heterocycles. The quantitative estimate of drug-likeness (QED) is 0.254. The van der Waals surface area contributed by atoms with Crippen LogP contribution in [0, 0.1) is 5.21 Å². The van der Waals surface area contributed by atoms with Gasteiger partial charge in [-0.3, -0.25) is 4.79 Å². The zero-order valence-corrected chi connectivity index (χ0v) is 23.5. The number of carbonyl (C=O) groups excluding carboxylic acids is 1. The molecule has 0 N–H and O–H groups in total. The lowest BCUT2D eigenvalue weighted by atomic mass is 9.96. The summed E-state index contributed by atoms with van der Waals surface area (Å²) >= 11 is 15.9. The number of hydrogen-bond acceptors (Lipinski definition) is 4. The second-order valence-electron chi connectivity index (χ2n) is 9.66. The van der Waals surface area contributed by atoms with E-state index in [1.807, 2.05) is 0 Å². The first-order valence-corrected chi connectivity index (χ1v) is 14.2.